The minimum atomic E-state index is 0.342. The summed E-state index contributed by atoms with van der Waals surface area (Å²) in [7, 11) is 0. The number of rotatable bonds is 6. The van der Waals surface area contributed by atoms with Gasteiger partial charge in [-0.15, -0.1) is 0 Å². The van der Waals surface area contributed by atoms with E-state index in [9.17, 15) is 0 Å². The average molecular weight is 182 g/mol. The molecule has 0 atom stereocenters. The number of nitrogens with one attached hydrogen (secondary N) is 1. The third-order valence-corrected chi connectivity index (χ3v) is 2.15. The second kappa shape index (κ2) is 5.88. The van der Waals surface area contributed by atoms with Crippen molar-refractivity contribution in [3.05, 3.63) is 0 Å². The lowest BCUT2D eigenvalue weighted by molar-refractivity contribution is 0.145. The molecule has 0 aromatic rings. The van der Waals surface area contributed by atoms with Crippen molar-refractivity contribution in [3.63, 3.8) is 0 Å². The molecule has 0 heterocycles. The van der Waals surface area contributed by atoms with Crippen molar-refractivity contribution in [1.82, 2.24) is 10.4 Å². The fraction of sp³-hybridized carbons (Fsp3) is 0.818. The highest BCUT2D eigenvalue weighted by Gasteiger charge is 2.19. The van der Waals surface area contributed by atoms with Gasteiger partial charge in [-0.2, -0.15) is 0 Å². The first-order valence-corrected chi connectivity index (χ1v) is 5.02. The smallest absolute Gasteiger partial charge is 0.0236 e. The lowest BCUT2D eigenvalue weighted by Gasteiger charge is -2.30. The maximum absolute atomic E-state index is 5.20. The van der Waals surface area contributed by atoms with Crippen LogP contribution in [0.3, 0.4) is 0 Å². The molecule has 0 aliphatic rings. The van der Waals surface area contributed by atoms with Crippen LogP contribution in [0, 0.1) is 17.9 Å². The highest BCUT2D eigenvalue weighted by atomic mass is 15.5. The van der Waals surface area contributed by atoms with Gasteiger partial charge < -0.3 is 0 Å². The first-order valence-electron chi connectivity index (χ1n) is 5.02. The van der Waals surface area contributed by atoms with Crippen LogP contribution in [-0.4, -0.2) is 18.1 Å². The zero-order chi connectivity index (χ0) is 10.3. The summed E-state index contributed by atoms with van der Waals surface area (Å²) >= 11 is 0. The molecule has 0 rings (SSSR count). The van der Waals surface area contributed by atoms with Crippen LogP contribution in [-0.2, 0) is 0 Å². The van der Waals surface area contributed by atoms with E-state index in [-0.39, 0.29) is 0 Å². The molecule has 0 aliphatic heterocycles. The van der Waals surface area contributed by atoms with Crippen molar-refractivity contribution in [2.45, 2.75) is 40.5 Å². The molecule has 13 heavy (non-hydrogen) atoms. The molecule has 2 heteroatoms. The fourth-order valence-electron chi connectivity index (χ4n) is 1.59. The molecule has 0 aromatic carbocycles. The van der Waals surface area contributed by atoms with E-state index < -0.39 is 0 Å². The molecule has 0 spiro atoms. The molecule has 0 bridgehead atoms. The van der Waals surface area contributed by atoms with Gasteiger partial charge in [0.1, 0.15) is 0 Å². The van der Waals surface area contributed by atoms with Crippen LogP contribution < -0.4 is 5.43 Å². The first-order chi connectivity index (χ1) is 6.05. The summed E-state index contributed by atoms with van der Waals surface area (Å²) in [6, 6.07) is 2.46. The second-order valence-corrected chi connectivity index (χ2v) is 4.18. The highest BCUT2D eigenvalue weighted by molar-refractivity contribution is 4.80. The largest absolute Gasteiger partial charge is 0.278 e. The van der Waals surface area contributed by atoms with E-state index in [0.717, 1.165) is 13.1 Å². The minimum absolute atomic E-state index is 0.342. The minimum Gasteiger partial charge on any atom is -0.278 e. The van der Waals surface area contributed by atoms with Crippen LogP contribution in [0.15, 0.2) is 0 Å². The van der Waals surface area contributed by atoms with Crippen LogP contribution in [0.2, 0.25) is 0 Å². The van der Waals surface area contributed by atoms with Crippen molar-refractivity contribution < 1.29 is 0 Å². The van der Waals surface area contributed by atoms with Gasteiger partial charge in [-0.3, -0.25) is 5.43 Å². The molecular weight excluding hydrogens is 160 g/mol. The lowest BCUT2D eigenvalue weighted by atomic mass is 9.88. The van der Waals surface area contributed by atoms with Crippen molar-refractivity contribution in [1.29, 1.82) is 0 Å². The van der Waals surface area contributed by atoms with E-state index in [1.54, 1.807) is 0 Å². The van der Waals surface area contributed by atoms with Gasteiger partial charge in [-0.25, -0.2) is 5.01 Å². The van der Waals surface area contributed by atoms with Gasteiger partial charge in [-0.1, -0.05) is 40.5 Å². The van der Waals surface area contributed by atoms with E-state index in [1.165, 1.54) is 12.8 Å². The summed E-state index contributed by atoms with van der Waals surface area (Å²) in [4.78, 5) is 0. The Bertz CT molecular complexity index is 167. The summed E-state index contributed by atoms with van der Waals surface area (Å²) < 4.78 is 0. The molecule has 1 N–H and O–H groups in total. The monoisotopic (exact) mass is 182 g/mol. The van der Waals surface area contributed by atoms with Crippen molar-refractivity contribution >= 4 is 0 Å². The van der Waals surface area contributed by atoms with Crippen LogP contribution in [0.4, 0.5) is 0 Å². The highest BCUT2D eigenvalue weighted by Crippen LogP contribution is 2.22. The maximum atomic E-state index is 5.20. The molecule has 76 valence electrons. The summed E-state index contributed by atoms with van der Waals surface area (Å²) in [5.74, 6) is 0. The van der Waals surface area contributed by atoms with Gasteiger partial charge in [0.25, 0.3) is 0 Å². The van der Waals surface area contributed by atoms with Crippen LogP contribution in [0.1, 0.15) is 40.5 Å². The Labute approximate surface area is 82.7 Å². The summed E-state index contributed by atoms with van der Waals surface area (Å²) in [5, 5.41) is 2.08. The number of nitrogens with zero attached hydrogens (tertiary/aromatic N) is 1. The van der Waals surface area contributed by atoms with Crippen molar-refractivity contribution in [3.8, 4) is 12.5 Å². The van der Waals surface area contributed by atoms with Gasteiger partial charge in [0.15, 0.2) is 0 Å². The van der Waals surface area contributed by atoms with E-state index >= 15 is 0 Å². The predicted octanol–water partition coefficient (Wildman–Crippen LogP) is 2.23. The fourth-order valence-corrected chi connectivity index (χ4v) is 1.59. The molecule has 0 unspecified atom stereocenters. The van der Waals surface area contributed by atoms with Gasteiger partial charge in [0.2, 0.25) is 0 Å². The van der Waals surface area contributed by atoms with Crippen LogP contribution in [0.5, 0.6) is 0 Å². The quantitative estimate of drug-likeness (QED) is 0.385. The number of hydrazine groups is 1. The van der Waals surface area contributed by atoms with Crippen molar-refractivity contribution in [2.24, 2.45) is 5.41 Å². The van der Waals surface area contributed by atoms with Gasteiger partial charge >= 0.3 is 0 Å². The Morgan fingerprint density at radius 1 is 1.38 bits per heavy atom. The molecule has 0 saturated heterocycles. The molecule has 0 amide bonds. The summed E-state index contributed by atoms with van der Waals surface area (Å²) in [6.45, 7) is 10.8. The van der Waals surface area contributed by atoms with Gasteiger partial charge in [-0.05, 0) is 11.8 Å². The SMILES string of the molecule is C#CNN(CC)CC(C)(C)CCC. The molecule has 0 aliphatic carbocycles. The predicted molar refractivity (Wildman–Crippen MR) is 57.9 cm³/mol. The van der Waals surface area contributed by atoms with E-state index in [2.05, 4.69) is 44.2 Å². The second-order valence-electron chi connectivity index (χ2n) is 4.18. The Morgan fingerprint density at radius 3 is 2.38 bits per heavy atom. The maximum Gasteiger partial charge on any atom is 0.0236 e. The Balaban J connectivity index is 3.98. The summed E-state index contributed by atoms with van der Waals surface area (Å²) in [6.07, 6.45) is 7.65. The molecule has 2 nitrogen and oxygen atoms in total. The molecule has 0 radical (unpaired) electrons. The Hall–Kier alpha value is -0.680. The zero-order valence-corrected chi connectivity index (χ0v) is 9.35. The molecular formula is C11H22N2. The van der Waals surface area contributed by atoms with Crippen molar-refractivity contribution in [2.75, 3.05) is 13.1 Å². The molecule has 0 aromatic heterocycles. The standard InChI is InChI=1S/C11H22N2/c1-6-9-11(4,5)10-13(8-3)12-7-2/h2,12H,6,8-10H2,1,3-5H3. The summed E-state index contributed by atoms with van der Waals surface area (Å²) in [5.41, 5.74) is 3.25. The number of hydrogen-bond acceptors (Lipinski definition) is 2. The van der Waals surface area contributed by atoms with Crippen LogP contribution in [0.25, 0.3) is 0 Å². The number of terminal acetylenes is 1. The van der Waals surface area contributed by atoms with Gasteiger partial charge in [0, 0.05) is 19.1 Å². The van der Waals surface area contributed by atoms with E-state index in [1.807, 2.05) is 0 Å². The Kier molecular flexibility index (Phi) is 5.57. The topological polar surface area (TPSA) is 15.3 Å². The lowest BCUT2D eigenvalue weighted by Crippen LogP contribution is -2.41. The number of hydrogen-bond donors (Lipinski definition) is 1. The molecule has 0 fully saturated rings. The first kappa shape index (κ1) is 12.3. The zero-order valence-electron chi connectivity index (χ0n) is 9.35. The van der Waals surface area contributed by atoms with Gasteiger partial charge in [0.05, 0.1) is 0 Å². The molecule has 0 saturated carbocycles. The third kappa shape index (κ3) is 5.54. The third-order valence-electron chi connectivity index (χ3n) is 2.15. The Morgan fingerprint density at radius 2 is 2.00 bits per heavy atom. The normalized spacial score (nSPS) is 11.4. The van der Waals surface area contributed by atoms with Crippen LogP contribution >= 0.6 is 0 Å². The van der Waals surface area contributed by atoms with E-state index in [0.29, 0.717) is 5.41 Å². The average Bonchev–Trinajstić information content (AvgIpc) is 2.03. The van der Waals surface area contributed by atoms with E-state index in [4.69, 9.17) is 6.42 Å².